The maximum absolute atomic E-state index is 12.2. The Morgan fingerprint density at radius 3 is 2.77 bits per heavy atom. The zero-order valence-electron chi connectivity index (χ0n) is 14.0. The molecule has 7 heteroatoms. The number of rotatable bonds is 6. The highest BCUT2D eigenvalue weighted by molar-refractivity contribution is 8.01. The van der Waals surface area contributed by atoms with Gasteiger partial charge in [0.1, 0.15) is 0 Å². The van der Waals surface area contributed by atoms with Crippen LogP contribution in [-0.2, 0) is 16.0 Å². The highest BCUT2D eigenvalue weighted by Crippen LogP contribution is 2.36. The van der Waals surface area contributed by atoms with Crippen molar-refractivity contribution in [3.05, 3.63) is 59.7 Å². The smallest absolute Gasteiger partial charge is 0.248 e. The molecule has 0 fully saturated rings. The molecule has 2 aromatic carbocycles. The number of nitrogens with two attached hydrogens (primary N) is 1. The van der Waals surface area contributed by atoms with E-state index in [1.165, 1.54) is 11.8 Å². The van der Waals surface area contributed by atoms with Crippen molar-refractivity contribution < 1.29 is 14.4 Å². The summed E-state index contributed by atoms with van der Waals surface area (Å²) >= 11 is 1.40. The summed E-state index contributed by atoms with van der Waals surface area (Å²) in [6, 6.07) is 14.5. The second kappa shape index (κ2) is 8.05. The number of carbonyl (C=O) groups is 3. The van der Waals surface area contributed by atoms with Crippen LogP contribution in [0.3, 0.4) is 0 Å². The minimum Gasteiger partial charge on any atom is -0.366 e. The summed E-state index contributed by atoms with van der Waals surface area (Å²) in [6.07, 6.45) is 0.700. The lowest BCUT2D eigenvalue weighted by Gasteiger charge is -2.23. The number of nitrogens with one attached hydrogen (secondary N) is 2. The van der Waals surface area contributed by atoms with Crippen LogP contribution in [0.1, 0.15) is 22.3 Å². The van der Waals surface area contributed by atoms with Gasteiger partial charge >= 0.3 is 0 Å². The van der Waals surface area contributed by atoms with E-state index in [1.807, 2.05) is 30.3 Å². The highest BCUT2D eigenvalue weighted by atomic mass is 32.2. The van der Waals surface area contributed by atoms with Gasteiger partial charge in [0, 0.05) is 23.4 Å². The summed E-state index contributed by atoms with van der Waals surface area (Å²) in [5.74, 6) is -0.808. The summed E-state index contributed by atoms with van der Waals surface area (Å²) in [7, 11) is 0. The Labute approximate surface area is 155 Å². The lowest BCUT2D eigenvalue weighted by atomic mass is 10.1. The van der Waals surface area contributed by atoms with E-state index in [0.717, 1.165) is 16.1 Å². The Balaban J connectivity index is 1.50. The van der Waals surface area contributed by atoms with E-state index in [0.29, 0.717) is 18.5 Å². The molecule has 26 heavy (non-hydrogen) atoms. The van der Waals surface area contributed by atoms with Gasteiger partial charge in [-0.1, -0.05) is 24.3 Å². The summed E-state index contributed by atoms with van der Waals surface area (Å²) in [4.78, 5) is 36.4. The zero-order valence-corrected chi connectivity index (χ0v) is 14.8. The van der Waals surface area contributed by atoms with Gasteiger partial charge in [0.05, 0.1) is 10.9 Å². The number of amides is 3. The molecule has 4 N–H and O–H groups in total. The van der Waals surface area contributed by atoms with E-state index < -0.39 is 11.2 Å². The second-order valence-corrected chi connectivity index (χ2v) is 7.21. The molecular weight excluding hydrogens is 350 g/mol. The van der Waals surface area contributed by atoms with E-state index in [4.69, 9.17) is 5.73 Å². The predicted molar refractivity (Wildman–Crippen MR) is 101 cm³/mol. The van der Waals surface area contributed by atoms with Crippen LogP contribution in [0.5, 0.6) is 0 Å². The van der Waals surface area contributed by atoms with Gasteiger partial charge in [0.2, 0.25) is 17.7 Å². The molecule has 3 rings (SSSR count). The van der Waals surface area contributed by atoms with Crippen LogP contribution in [-0.4, -0.2) is 29.5 Å². The van der Waals surface area contributed by atoms with Gasteiger partial charge in [-0.3, -0.25) is 14.4 Å². The van der Waals surface area contributed by atoms with Crippen molar-refractivity contribution in [2.24, 2.45) is 5.73 Å². The van der Waals surface area contributed by atoms with E-state index in [9.17, 15) is 14.4 Å². The molecule has 0 bridgehead atoms. The Bertz CT molecular complexity index is 853. The van der Waals surface area contributed by atoms with E-state index in [-0.39, 0.29) is 18.2 Å². The van der Waals surface area contributed by atoms with Gasteiger partial charge < -0.3 is 16.4 Å². The first-order chi connectivity index (χ1) is 12.5. The quantitative estimate of drug-likeness (QED) is 0.724. The van der Waals surface area contributed by atoms with Gasteiger partial charge in [0.25, 0.3) is 0 Å². The van der Waals surface area contributed by atoms with Crippen LogP contribution < -0.4 is 16.4 Å². The predicted octanol–water partition coefficient (Wildman–Crippen LogP) is 1.95. The first kappa shape index (κ1) is 18.0. The molecule has 0 aromatic heterocycles. The Hall–Kier alpha value is -2.80. The minimum absolute atomic E-state index is 0.117. The van der Waals surface area contributed by atoms with Crippen molar-refractivity contribution >= 4 is 35.2 Å². The van der Waals surface area contributed by atoms with Crippen LogP contribution in [0.2, 0.25) is 0 Å². The molecule has 0 spiro atoms. The Morgan fingerprint density at radius 1 is 1.15 bits per heavy atom. The Kier molecular flexibility index (Phi) is 5.58. The molecular formula is C19H19N3O3S. The lowest BCUT2D eigenvalue weighted by molar-refractivity contribution is -0.124. The van der Waals surface area contributed by atoms with E-state index >= 15 is 0 Å². The second-order valence-electron chi connectivity index (χ2n) is 5.96. The molecule has 0 aliphatic carbocycles. The van der Waals surface area contributed by atoms with E-state index in [2.05, 4.69) is 10.6 Å². The molecule has 1 aliphatic heterocycles. The lowest BCUT2D eigenvalue weighted by Crippen LogP contribution is -2.35. The topological polar surface area (TPSA) is 101 Å². The average Bonchev–Trinajstić information content (AvgIpc) is 2.62. The molecule has 1 heterocycles. The number of carbonyl (C=O) groups excluding carboxylic acids is 3. The Morgan fingerprint density at radius 2 is 1.96 bits per heavy atom. The van der Waals surface area contributed by atoms with Gasteiger partial charge in [-0.25, -0.2) is 0 Å². The first-order valence-corrected chi connectivity index (χ1v) is 9.13. The third-order valence-electron chi connectivity index (χ3n) is 4.02. The van der Waals surface area contributed by atoms with Gasteiger partial charge in [0.15, 0.2) is 0 Å². The number of hydrogen-bond donors (Lipinski definition) is 3. The molecule has 0 saturated heterocycles. The average molecular weight is 369 g/mol. The van der Waals surface area contributed by atoms with Gasteiger partial charge in [-0.2, -0.15) is 0 Å². The maximum atomic E-state index is 12.2. The standard InChI is InChI=1S/C19H19N3O3S/c20-18(24)13-5-3-4-12(10-13)8-9-21-17(23)11-16-19(25)22-14-6-1-2-7-15(14)26-16/h1-7,10,16H,8-9,11H2,(H2,20,24)(H,21,23)(H,22,25). The van der Waals surface area contributed by atoms with Crippen molar-refractivity contribution in [2.75, 3.05) is 11.9 Å². The number of para-hydroxylation sites is 1. The zero-order chi connectivity index (χ0) is 18.5. The van der Waals surface area contributed by atoms with Crippen molar-refractivity contribution in [1.82, 2.24) is 5.32 Å². The third-order valence-corrected chi connectivity index (χ3v) is 5.30. The molecule has 1 unspecified atom stereocenters. The number of hydrogen-bond acceptors (Lipinski definition) is 4. The maximum Gasteiger partial charge on any atom is 0.248 e. The highest BCUT2D eigenvalue weighted by Gasteiger charge is 2.28. The normalized spacial score (nSPS) is 15.7. The fraction of sp³-hybridized carbons (Fsp3) is 0.211. The summed E-state index contributed by atoms with van der Waals surface area (Å²) in [5.41, 5.74) is 7.41. The molecule has 2 aromatic rings. The molecule has 0 saturated carbocycles. The van der Waals surface area contributed by atoms with Crippen molar-refractivity contribution in [2.45, 2.75) is 23.0 Å². The van der Waals surface area contributed by atoms with Gasteiger partial charge in [-0.05, 0) is 36.2 Å². The van der Waals surface area contributed by atoms with Crippen LogP contribution in [0.4, 0.5) is 5.69 Å². The van der Waals surface area contributed by atoms with Crippen LogP contribution in [0.25, 0.3) is 0 Å². The van der Waals surface area contributed by atoms with Crippen LogP contribution in [0, 0.1) is 0 Å². The number of anilines is 1. The molecule has 134 valence electrons. The van der Waals surface area contributed by atoms with Gasteiger partial charge in [-0.15, -0.1) is 11.8 Å². The number of fused-ring (bicyclic) bond motifs is 1. The van der Waals surface area contributed by atoms with Crippen LogP contribution in [0.15, 0.2) is 53.4 Å². The molecule has 1 aliphatic rings. The fourth-order valence-corrected chi connectivity index (χ4v) is 3.80. The molecule has 3 amide bonds. The molecule has 1 atom stereocenters. The van der Waals surface area contributed by atoms with Crippen LogP contribution >= 0.6 is 11.8 Å². The fourth-order valence-electron chi connectivity index (χ4n) is 2.69. The molecule has 6 nitrogen and oxygen atoms in total. The summed E-state index contributed by atoms with van der Waals surface area (Å²) in [5, 5.41) is 5.21. The molecule has 0 radical (unpaired) electrons. The van der Waals surface area contributed by atoms with E-state index in [1.54, 1.807) is 18.2 Å². The summed E-state index contributed by atoms with van der Waals surface area (Å²) < 4.78 is 0. The SMILES string of the molecule is NC(=O)c1cccc(CCNC(=O)CC2Sc3ccccc3NC2=O)c1. The van der Waals surface area contributed by atoms with Crippen molar-refractivity contribution in [3.63, 3.8) is 0 Å². The minimum atomic E-state index is -0.475. The monoisotopic (exact) mass is 369 g/mol. The number of thioether (sulfide) groups is 1. The van der Waals surface area contributed by atoms with Crippen molar-refractivity contribution in [3.8, 4) is 0 Å². The number of benzene rings is 2. The summed E-state index contributed by atoms with van der Waals surface area (Å²) in [6.45, 7) is 0.427. The first-order valence-electron chi connectivity index (χ1n) is 8.25. The number of primary amides is 1. The van der Waals surface area contributed by atoms with Crippen molar-refractivity contribution in [1.29, 1.82) is 0 Å². The largest absolute Gasteiger partial charge is 0.366 e. The third kappa shape index (κ3) is 4.43.